The summed E-state index contributed by atoms with van der Waals surface area (Å²) in [6.45, 7) is 1.90. The van der Waals surface area contributed by atoms with Crippen LogP contribution >= 0.6 is 11.6 Å². The highest BCUT2D eigenvalue weighted by molar-refractivity contribution is 7.92. The zero-order valence-corrected chi connectivity index (χ0v) is 28.1. The van der Waals surface area contributed by atoms with E-state index in [9.17, 15) is 8.42 Å². The fourth-order valence-corrected chi connectivity index (χ4v) is 7.88. The number of benzene rings is 3. The minimum absolute atomic E-state index is 0.0181. The predicted octanol–water partition coefficient (Wildman–Crippen LogP) is 6.67. The average molecular weight is 668 g/mol. The van der Waals surface area contributed by atoms with Crippen molar-refractivity contribution in [1.29, 1.82) is 0 Å². The normalized spacial score (nSPS) is 18.3. The Labute approximate surface area is 275 Å². The molecule has 0 radical (unpaired) electrons. The first-order valence-corrected chi connectivity index (χ1v) is 16.8. The highest BCUT2D eigenvalue weighted by Crippen LogP contribution is 2.39. The van der Waals surface area contributed by atoms with Crippen molar-refractivity contribution < 1.29 is 22.3 Å². The van der Waals surface area contributed by atoms with Crippen molar-refractivity contribution in [3.63, 3.8) is 0 Å². The van der Waals surface area contributed by atoms with Crippen LogP contribution in [0.1, 0.15) is 41.9 Å². The van der Waals surface area contributed by atoms with Gasteiger partial charge < -0.3 is 19.7 Å². The molecule has 1 heterocycles. The number of likely N-dealkylation sites (N-methyl/N-ethyl adjacent to an activating group) is 1. The second-order valence-corrected chi connectivity index (χ2v) is 14.0. The van der Waals surface area contributed by atoms with Crippen LogP contribution in [0.2, 0.25) is 5.02 Å². The van der Waals surface area contributed by atoms with Crippen LogP contribution in [-0.2, 0) is 16.6 Å². The molecule has 9 nitrogen and oxygen atoms in total. The fourth-order valence-electron chi connectivity index (χ4n) is 6.13. The molecule has 46 heavy (non-hydrogen) atoms. The van der Waals surface area contributed by atoms with Gasteiger partial charge in [-0.1, -0.05) is 41.4 Å². The van der Waals surface area contributed by atoms with Crippen LogP contribution in [0.5, 0.6) is 11.5 Å². The Bertz CT molecular complexity index is 1780. The van der Waals surface area contributed by atoms with Crippen molar-refractivity contribution in [2.75, 3.05) is 37.9 Å². The van der Waals surface area contributed by atoms with Crippen molar-refractivity contribution in [2.45, 2.75) is 55.6 Å². The highest BCUT2D eigenvalue weighted by atomic mass is 35.5. The fraction of sp³-hybridized carbons (Fsp3) is 0.353. The number of hydrogen-bond acceptors (Lipinski definition) is 8. The molecule has 1 N–H and O–H groups in total. The van der Waals surface area contributed by atoms with E-state index in [1.165, 1.54) is 50.0 Å². The van der Waals surface area contributed by atoms with Crippen molar-refractivity contribution in [1.82, 2.24) is 14.9 Å². The molecule has 3 aromatic carbocycles. The van der Waals surface area contributed by atoms with Gasteiger partial charge in [-0.15, -0.1) is 0 Å². The maximum absolute atomic E-state index is 15.9. The second kappa shape index (κ2) is 14.2. The van der Waals surface area contributed by atoms with Crippen molar-refractivity contribution in [3.05, 3.63) is 101 Å². The van der Waals surface area contributed by atoms with E-state index in [0.29, 0.717) is 28.7 Å². The molecule has 3 atom stereocenters. The zero-order valence-electron chi connectivity index (χ0n) is 26.6. The number of sulfonamides is 1. The minimum atomic E-state index is -4.50. The van der Waals surface area contributed by atoms with E-state index in [4.69, 9.17) is 21.1 Å². The number of halogens is 2. The third kappa shape index (κ3) is 7.22. The molecular weight excluding hydrogens is 629 g/mol. The number of aromatic nitrogens is 2. The van der Waals surface area contributed by atoms with Crippen LogP contribution in [0.25, 0.3) is 0 Å². The van der Waals surface area contributed by atoms with Crippen LogP contribution in [0, 0.1) is 12.7 Å². The SMILES string of the molecule is COc1ccc(CN(c2ccncn2)S(=O)(=O)c2cc(Cl)c(N[C@H]3CC[C@H](c4cccc(C)c4)C[C@@H]3N(C)C)cc2F)c(OC)c1. The Morgan fingerprint density at radius 1 is 1.04 bits per heavy atom. The monoisotopic (exact) mass is 667 g/mol. The van der Waals surface area contributed by atoms with Crippen LogP contribution in [-0.4, -0.2) is 63.7 Å². The molecule has 4 aromatic rings. The van der Waals surface area contributed by atoms with Gasteiger partial charge in [0, 0.05) is 36.0 Å². The van der Waals surface area contributed by atoms with Crippen molar-refractivity contribution in [2.24, 2.45) is 0 Å². The van der Waals surface area contributed by atoms with E-state index in [1.54, 1.807) is 18.2 Å². The van der Waals surface area contributed by atoms with Gasteiger partial charge in [0.1, 0.15) is 34.4 Å². The third-order valence-corrected chi connectivity index (χ3v) is 10.6. The molecule has 1 aliphatic rings. The van der Waals surface area contributed by atoms with Gasteiger partial charge in [-0.25, -0.2) is 27.1 Å². The standard InChI is InChI=1S/C34H39ClFN5O4S/c1-22-7-6-8-23(15-22)24-10-12-29(31(16-24)40(2)3)39-30-19-28(36)33(18-27(30)35)46(42,43)41(34-13-14-37-21-38-34)20-25-9-11-26(44-4)17-32(25)45-5/h6-9,11,13-15,17-19,21,24,29,31,39H,10,12,16,20H2,1-5H3/t24-,29-,31-/m0/s1. The van der Waals surface area contributed by atoms with Crippen LogP contribution in [0.3, 0.4) is 0 Å². The molecule has 0 aliphatic heterocycles. The van der Waals surface area contributed by atoms with Crippen LogP contribution < -0.4 is 19.1 Å². The molecule has 1 aromatic heterocycles. The first kappa shape index (κ1) is 33.4. The molecule has 1 fully saturated rings. The summed E-state index contributed by atoms with van der Waals surface area (Å²) < 4.78 is 56.0. The van der Waals surface area contributed by atoms with Gasteiger partial charge in [-0.2, -0.15) is 0 Å². The number of aryl methyl sites for hydroxylation is 1. The van der Waals surface area contributed by atoms with Gasteiger partial charge in [0.05, 0.1) is 31.5 Å². The first-order valence-electron chi connectivity index (χ1n) is 15.0. The number of methoxy groups -OCH3 is 2. The molecule has 5 rings (SSSR count). The zero-order chi connectivity index (χ0) is 33.0. The molecule has 244 valence electrons. The van der Waals surface area contributed by atoms with Crippen molar-refractivity contribution >= 4 is 33.1 Å². The molecule has 12 heteroatoms. The maximum atomic E-state index is 15.9. The van der Waals surface area contributed by atoms with Crippen LogP contribution in [0.4, 0.5) is 15.9 Å². The summed E-state index contributed by atoms with van der Waals surface area (Å²) in [5.41, 5.74) is 3.42. The Hall–Kier alpha value is -3.93. The number of rotatable bonds is 11. The summed E-state index contributed by atoms with van der Waals surface area (Å²) >= 11 is 6.70. The third-order valence-electron chi connectivity index (χ3n) is 8.55. The molecule has 0 amide bonds. The summed E-state index contributed by atoms with van der Waals surface area (Å²) in [6.07, 6.45) is 5.37. The molecule has 1 aliphatic carbocycles. The van der Waals surface area contributed by atoms with Gasteiger partial charge in [0.15, 0.2) is 0 Å². The Morgan fingerprint density at radius 3 is 2.52 bits per heavy atom. The van der Waals surface area contributed by atoms with E-state index < -0.39 is 20.7 Å². The number of anilines is 2. The first-order chi connectivity index (χ1) is 22.0. The van der Waals surface area contributed by atoms with Gasteiger partial charge >= 0.3 is 0 Å². The second-order valence-electron chi connectivity index (χ2n) is 11.7. The largest absolute Gasteiger partial charge is 0.497 e. The lowest BCUT2D eigenvalue weighted by Gasteiger charge is -2.41. The molecule has 0 saturated heterocycles. The van der Waals surface area contributed by atoms with E-state index in [-0.39, 0.29) is 29.5 Å². The minimum Gasteiger partial charge on any atom is -0.497 e. The average Bonchev–Trinajstić information content (AvgIpc) is 3.05. The molecule has 0 bridgehead atoms. The molecular formula is C34H39ClFN5O4S. The summed E-state index contributed by atoms with van der Waals surface area (Å²) in [4.78, 5) is 9.67. The quantitative estimate of drug-likeness (QED) is 0.190. The van der Waals surface area contributed by atoms with Gasteiger partial charge in [-0.05, 0) is 76.0 Å². The summed E-state index contributed by atoms with van der Waals surface area (Å²) in [7, 11) is 2.57. The number of ether oxygens (including phenoxy) is 2. The van der Waals surface area contributed by atoms with E-state index in [2.05, 4.69) is 51.4 Å². The number of nitrogens with one attached hydrogen (secondary N) is 1. The lowest BCUT2D eigenvalue weighted by molar-refractivity contribution is 0.196. The van der Waals surface area contributed by atoms with Crippen LogP contribution in [0.15, 0.2) is 78.1 Å². The van der Waals surface area contributed by atoms with E-state index in [0.717, 1.165) is 29.6 Å². The predicted molar refractivity (Wildman–Crippen MR) is 179 cm³/mol. The summed E-state index contributed by atoms with van der Waals surface area (Å²) in [5.74, 6) is 0.479. The molecule has 0 spiro atoms. The van der Waals surface area contributed by atoms with E-state index in [1.807, 2.05) is 14.1 Å². The highest BCUT2D eigenvalue weighted by Gasteiger charge is 2.35. The summed E-state index contributed by atoms with van der Waals surface area (Å²) in [6, 6.07) is 17.5. The topological polar surface area (TPSA) is 96.9 Å². The number of hydrogen-bond donors (Lipinski definition) is 1. The Morgan fingerprint density at radius 2 is 1.85 bits per heavy atom. The number of nitrogens with zero attached hydrogens (tertiary/aromatic N) is 4. The molecule has 1 saturated carbocycles. The maximum Gasteiger partial charge on any atom is 0.268 e. The molecule has 0 unspecified atom stereocenters. The van der Waals surface area contributed by atoms with Crippen molar-refractivity contribution in [3.8, 4) is 11.5 Å². The Balaban J connectivity index is 1.43. The lowest BCUT2D eigenvalue weighted by Crippen LogP contribution is -2.47. The Kier molecular flexibility index (Phi) is 10.3. The summed E-state index contributed by atoms with van der Waals surface area (Å²) in [5, 5.41) is 3.54. The van der Waals surface area contributed by atoms with Gasteiger partial charge in [-0.3, -0.25) is 0 Å². The smallest absolute Gasteiger partial charge is 0.268 e. The van der Waals surface area contributed by atoms with Gasteiger partial charge in [0.2, 0.25) is 0 Å². The lowest BCUT2D eigenvalue weighted by atomic mass is 9.78. The van der Waals surface area contributed by atoms with E-state index >= 15 is 4.39 Å². The van der Waals surface area contributed by atoms with Gasteiger partial charge in [0.25, 0.3) is 10.0 Å².